The highest BCUT2D eigenvalue weighted by Gasteiger charge is 2.23. The number of hydrogen-bond acceptors (Lipinski definition) is 3. The van der Waals surface area contributed by atoms with Crippen LogP contribution in [0.4, 0.5) is 5.69 Å². The van der Waals surface area contributed by atoms with Crippen LogP contribution in [-0.4, -0.2) is 38.0 Å². The van der Waals surface area contributed by atoms with Gasteiger partial charge in [0.05, 0.1) is 0 Å². The van der Waals surface area contributed by atoms with E-state index in [1.807, 2.05) is 31.2 Å². The summed E-state index contributed by atoms with van der Waals surface area (Å²) in [5.41, 5.74) is 2.14. The number of anilines is 1. The highest BCUT2D eigenvalue weighted by atomic mass is 16.2. The number of nitrogens with zero attached hydrogens (tertiary/aromatic N) is 1. The standard InChI is InChI=1S/C16H23N3O2/c1-2-17-10-11-18-15(20)9-12-19-14-6-4-3-5-13(14)7-8-16(19)21/h3-6,17H,2,7-12H2,1H3,(H,18,20). The van der Waals surface area contributed by atoms with Crippen LogP contribution in [0, 0.1) is 0 Å². The molecule has 2 amide bonds. The maximum Gasteiger partial charge on any atom is 0.227 e. The number of nitrogens with one attached hydrogen (secondary N) is 2. The molecule has 2 rings (SSSR count). The minimum Gasteiger partial charge on any atom is -0.355 e. The van der Waals surface area contributed by atoms with E-state index in [1.54, 1.807) is 4.90 Å². The molecule has 2 N–H and O–H groups in total. The fourth-order valence-corrected chi connectivity index (χ4v) is 2.51. The van der Waals surface area contributed by atoms with Gasteiger partial charge < -0.3 is 15.5 Å². The molecule has 0 unspecified atom stereocenters. The van der Waals surface area contributed by atoms with Crippen LogP contribution >= 0.6 is 0 Å². The average Bonchev–Trinajstić information content (AvgIpc) is 2.50. The highest BCUT2D eigenvalue weighted by molar-refractivity contribution is 5.96. The number of benzene rings is 1. The molecule has 1 aliphatic heterocycles. The van der Waals surface area contributed by atoms with E-state index in [0.717, 1.165) is 25.2 Å². The molecule has 1 aliphatic rings. The molecule has 1 heterocycles. The van der Waals surface area contributed by atoms with E-state index in [0.29, 0.717) is 25.9 Å². The third kappa shape index (κ3) is 4.29. The fraction of sp³-hybridized carbons (Fsp3) is 0.500. The van der Waals surface area contributed by atoms with E-state index in [9.17, 15) is 9.59 Å². The average molecular weight is 289 g/mol. The Bertz CT molecular complexity index is 502. The van der Waals surface area contributed by atoms with E-state index in [4.69, 9.17) is 0 Å². The summed E-state index contributed by atoms with van der Waals surface area (Å²) in [7, 11) is 0. The predicted octanol–water partition coefficient (Wildman–Crippen LogP) is 1.08. The minimum atomic E-state index is -0.0104. The van der Waals surface area contributed by atoms with Gasteiger partial charge in [-0.25, -0.2) is 0 Å². The Balaban J connectivity index is 1.85. The number of carbonyl (C=O) groups excluding carboxylic acids is 2. The molecular weight excluding hydrogens is 266 g/mol. The van der Waals surface area contributed by atoms with Crippen molar-refractivity contribution >= 4 is 17.5 Å². The summed E-state index contributed by atoms with van der Waals surface area (Å²) < 4.78 is 0. The summed E-state index contributed by atoms with van der Waals surface area (Å²) in [5, 5.41) is 6.01. The van der Waals surface area contributed by atoms with Gasteiger partial charge in [0.25, 0.3) is 0 Å². The van der Waals surface area contributed by atoms with Gasteiger partial charge in [-0.05, 0) is 24.6 Å². The molecule has 0 bridgehead atoms. The van der Waals surface area contributed by atoms with Gasteiger partial charge in [0, 0.05) is 38.2 Å². The molecule has 0 saturated carbocycles. The van der Waals surface area contributed by atoms with Gasteiger partial charge in [-0.3, -0.25) is 9.59 Å². The lowest BCUT2D eigenvalue weighted by atomic mass is 10.0. The van der Waals surface area contributed by atoms with E-state index < -0.39 is 0 Å². The van der Waals surface area contributed by atoms with E-state index in [-0.39, 0.29) is 11.8 Å². The smallest absolute Gasteiger partial charge is 0.227 e. The number of para-hydroxylation sites is 1. The molecule has 1 aromatic carbocycles. The molecule has 0 spiro atoms. The second-order valence-electron chi connectivity index (χ2n) is 5.13. The number of carbonyl (C=O) groups is 2. The molecule has 0 aliphatic carbocycles. The van der Waals surface area contributed by atoms with Crippen molar-refractivity contribution in [3.05, 3.63) is 29.8 Å². The Morgan fingerprint density at radius 1 is 1.24 bits per heavy atom. The summed E-state index contributed by atoms with van der Waals surface area (Å²) >= 11 is 0. The molecule has 0 radical (unpaired) electrons. The first-order chi connectivity index (χ1) is 10.2. The van der Waals surface area contributed by atoms with Crippen LogP contribution in [-0.2, 0) is 16.0 Å². The molecule has 0 fully saturated rings. The van der Waals surface area contributed by atoms with Gasteiger partial charge in [0.1, 0.15) is 0 Å². The zero-order valence-corrected chi connectivity index (χ0v) is 12.5. The van der Waals surface area contributed by atoms with Crippen molar-refractivity contribution in [3.63, 3.8) is 0 Å². The van der Waals surface area contributed by atoms with E-state index in [1.165, 1.54) is 5.56 Å². The van der Waals surface area contributed by atoms with Gasteiger partial charge >= 0.3 is 0 Å². The number of rotatable bonds is 7. The van der Waals surface area contributed by atoms with Crippen molar-refractivity contribution in [2.24, 2.45) is 0 Å². The van der Waals surface area contributed by atoms with Crippen LogP contribution in [0.2, 0.25) is 0 Å². The topological polar surface area (TPSA) is 61.4 Å². The third-order valence-electron chi connectivity index (χ3n) is 3.63. The monoisotopic (exact) mass is 289 g/mol. The van der Waals surface area contributed by atoms with Crippen molar-refractivity contribution in [2.75, 3.05) is 31.1 Å². The number of aryl methyl sites for hydroxylation is 1. The van der Waals surface area contributed by atoms with Crippen molar-refractivity contribution in [3.8, 4) is 0 Å². The molecule has 1 aromatic rings. The molecule has 21 heavy (non-hydrogen) atoms. The zero-order chi connectivity index (χ0) is 15.1. The summed E-state index contributed by atoms with van der Waals surface area (Å²) in [6, 6.07) is 7.92. The molecule has 0 aromatic heterocycles. The van der Waals surface area contributed by atoms with Gasteiger partial charge in [0.15, 0.2) is 0 Å². The van der Waals surface area contributed by atoms with Crippen molar-refractivity contribution < 1.29 is 9.59 Å². The number of likely N-dealkylation sites (N-methyl/N-ethyl adjacent to an activating group) is 1. The molecule has 5 nitrogen and oxygen atoms in total. The first-order valence-corrected chi connectivity index (χ1v) is 7.58. The second kappa shape index (κ2) is 7.78. The summed E-state index contributed by atoms with van der Waals surface area (Å²) in [5.74, 6) is 0.0953. The normalized spacial score (nSPS) is 14.0. The quantitative estimate of drug-likeness (QED) is 0.739. The maximum atomic E-state index is 12.1. The van der Waals surface area contributed by atoms with Crippen LogP contribution in [0.25, 0.3) is 0 Å². The first-order valence-electron chi connectivity index (χ1n) is 7.58. The van der Waals surface area contributed by atoms with Crippen molar-refractivity contribution in [1.29, 1.82) is 0 Å². The molecule has 0 atom stereocenters. The van der Waals surface area contributed by atoms with E-state index in [2.05, 4.69) is 10.6 Å². The van der Waals surface area contributed by atoms with Crippen molar-refractivity contribution in [1.82, 2.24) is 10.6 Å². The number of amides is 2. The lowest BCUT2D eigenvalue weighted by Crippen LogP contribution is -2.39. The lowest BCUT2D eigenvalue weighted by molar-refractivity contribution is -0.121. The molecule has 0 saturated heterocycles. The van der Waals surface area contributed by atoms with Crippen LogP contribution in [0.3, 0.4) is 0 Å². The Morgan fingerprint density at radius 2 is 2.05 bits per heavy atom. The summed E-state index contributed by atoms with van der Waals surface area (Å²) in [6.07, 6.45) is 1.66. The lowest BCUT2D eigenvalue weighted by Gasteiger charge is -2.29. The number of fused-ring (bicyclic) bond motifs is 1. The Hall–Kier alpha value is -1.88. The third-order valence-corrected chi connectivity index (χ3v) is 3.63. The van der Waals surface area contributed by atoms with E-state index >= 15 is 0 Å². The molecule has 114 valence electrons. The SMILES string of the molecule is CCNCCNC(=O)CCN1C(=O)CCc2ccccc21. The van der Waals surface area contributed by atoms with Gasteiger partial charge in [-0.2, -0.15) is 0 Å². The number of hydrogen-bond donors (Lipinski definition) is 2. The van der Waals surface area contributed by atoms with Crippen LogP contribution in [0.5, 0.6) is 0 Å². The molecule has 5 heteroatoms. The van der Waals surface area contributed by atoms with Crippen LogP contribution in [0.15, 0.2) is 24.3 Å². The first kappa shape index (κ1) is 15.5. The Labute approximate surface area is 125 Å². The maximum absolute atomic E-state index is 12.1. The zero-order valence-electron chi connectivity index (χ0n) is 12.5. The summed E-state index contributed by atoms with van der Waals surface area (Å²) in [6.45, 7) is 4.77. The van der Waals surface area contributed by atoms with Gasteiger partial charge in [-0.1, -0.05) is 25.1 Å². The highest BCUT2D eigenvalue weighted by Crippen LogP contribution is 2.27. The molecular formula is C16H23N3O2. The Kier molecular flexibility index (Phi) is 5.75. The largest absolute Gasteiger partial charge is 0.355 e. The Morgan fingerprint density at radius 3 is 2.86 bits per heavy atom. The summed E-state index contributed by atoms with van der Waals surface area (Å²) in [4.78, 5) is 25.6. The predicted molar refractivity (Wildman–Crippen MR) is 83.3 cm³/mol. The van der Waals surface area contributed by atoms with Gasteiger partial charge in [0.2, 0.25) is 11.8 Å². The van der Waals surface area contributed by atoms with Crippen molar-refractivity contribution in [2.45, 2.75) is 26.2 Å². The minimum absolute atomic E-state index is 0.0104. The fourth-order valence-electron chi connectivity index (χ4n) is 2.51. The van der Waals surface area contributed by atoms with Crippen LogP contribution < -0.4 is 15.5 Å². The van der Waals surface area contributed by atoms with Crippen LogP contribution in [0.1, 0.15) is 25.3 Å². The van der Waals surface area contributed by atoms with Gasteiger partial charge in [-0.15, -0.1) is 0 Å². The second-order valence-corrected chi connectivity index (χ2v) is 5.13.